The molecule has 0 unspecified atom stereocenters. The fraction of sp³-hybridized carbons (Fsp3) is 0.222. The molecule has 2 aromatic rings. The van der Waals surface area contributed by atoms with Gasteiger partial charge < -0.3 is 4.74 Å². The third-order valence-electron chi connectivity index (χ3n) is 3.41. The van der Waals surface area contributed by atoms with Gasteiger partial charge in [-0.25, -0.2) is 0 Å². The van der Waals surface area contributed by atoms with Crippen molar-refractivity contribution >= 4 is 50.9 Å². The number of amides is 2. The van der Waals surface area contributed by atoms with E-state index >= 15 is 0 Å². The first-order valence-electron chi connectivity index (χ1n) is 7.90. The minimum absolute atomic E-state index is 0.190. The number of carbonyl (C=O) groups excluding carboxylic acids is 2. The second-order valence-corrected chi connectivity index (χ2v) is 7.13. The number of ether oxygens (including phenoxy) is 1. The van der Waals surface area contributed by atoms with E-state index in [1.54, 1.807) is 18.2 Å². The number of benzene rings is 2. The Morgan fingerprint density at radius 3 is 2.38 bits per heavy atom. The fourth-order valence-electron chi connectivity index (χ4n) is 2.05. The summed E-state index contributed by atoms with van der Waals surface area (Å²) in [6, 6.07) is 9.57. The zero-order valence-electron chi connectivity index (χ0n) is 13.9. The van der Waals surface area contributed by atoms with E-state index < -0.39 is 11.8 Å². The summed E-state index contributed by atoms with van der Waals surface area (Å²) in [4.78, 5) is 24.6. The van der Waals surface area contributed by atoms with Gasteiger partial charge in [-0.15, -0.1) is 0 Å². The Kier molecular flexibility index (Phi) is 7.75. The van der Waals surface area contributed by atoms with Crippen molar-refractivity contribution in [2.24, 2.45) is 0 Å². The highest BCUT2D eigenvalue weighted by molar-refractivity contribution is 9.10. The number of rotatable bonds is 6. The maximum atomic E-state index is 12.4. The average molecular weight is 460 g/mol. The maximum Gasteiger partial charge on any atom is 0.273 e. The van der Waals surface area contributed by atoms with Crippen molar-refractivity contribution in [2.75, 3.05) is 6.61 Å². The lowest BCUT2D eigenvalue weighted by molar-refractivity contribution is 0.0844. The molecule has 0 aromatic heterocycles. The minimum atomic E-state index is -0.552. The van der Waals surface area contributed by atoms with Crippen molar-refractivity contribution in [3.8, 4) is 5.75 Å². The maximum absolute atomic E-state index is 12.4. The lowest BCUT2D eigenvalue weighted by Crippen LogP contribution is -2.41. The molecule has 2 rings (SSSR count). The molecule has 5 nitrogen and oxygen atoms in total. The summed E-state index contributed by atoms with van der Waals surface area (Å²) < 4.78 is 6.37. The van der Waals surface area contributed by atoms with Gasteiger partial charge in [0.2, 0.25) is 0 Å². The number of unbranched alkanes of at least 4 members (excludes halogenated alkanes) is 1. The van der Waals surface area contributed by atoms with E-state index in [9.17, 15) is 9.59 Å². The second-order valence-electron chi connectivity index (χ2n) is 5.37. The first kappa shape index (κ1) is 20.6. The molecule has 0 aliphatic heterocycles. The van der Waals surface area contributed by atoms with E-state index in [0.29, 0.717) is 22.9 Å². The van der Waals surface area contributed by atoms with E-state index in [1.165, 1.54) is 18.2 Å². The van der Waals surface area contributed by atoms with Crippen LogP contribution in [0.25, 0.3) is 0 Å². The molecule has 26 heavy (non-hydrogen) atoms. The lowest BCUT2D eigenvalue weighted by Gasteiger charge is -2.13. The van der Waals surface area contributed by atoms with Gasteiger partial charge in [0, 0.05) is 9.50 Å². The topological polar surface area (TPSA) is 67.4 Å². The number of nitrogens with one attached hydrogen (secondary N) is 2. The Morgan fingerprint density at radius 1 is 1.04 bits per heavy atom. The third-order valence-corrected chi connectivity index (χ3v) is 4.45. The highest BCUT2D eigenvalue weighted by Crippen LogP contribution is 2.24. The molecule has 0 saturated carbocycles. The normalized spacial score (nSPS) is 10.3. The van der Waals surface area contributed by atoms with Crippen LogP contribution in [0, 0.1) is 0 Å². The van der Waals surface area contributed by atoms with E-state index in [1.807, 2.05) is 0 Å². The van der Waals surface area contributed by atoms with Crippen LogP contribution in [-0.4, -0.2) is 18.4 Å². The molecule has 0 heterocycles. The van der Waals surface area contributed by atoms with Gasteiger partial charge in [0.1, 0.15) is 5.75 Å². The molecular weight excluding hydrogens is 443 g/mol. The Labute approximate surface area is 170 Å². The van der Waals surface area contributed by atoms with Crippen LogP contribution in [0.15, 0.2) is 40.9 Å². The zero-order valence-corrected chi connectivity index (χ0v) is 17.0. The Morgan fingerprint density at radius 2 is 1.73 bits per heavy atom. The van der Waals surface area contributed by atoms with Crippen molar-refractivity contribution in [3.63, 3.8) is 0 Å². The highest BCUT2D eigenvalue weighted by Gasteiger charge is 2.16. The van der Waals surface area contributed by atoms with Gasteiger partial charge >= 0.3 is 0 Å². The van der Waals surface area contributed by atoms with Gasteiger partial charge in [-0.05, 0) is 42.8 Å². The molecule has 0 radical (unpaired) electrons. The molecular formula is C18H17BrCl2N2O3. The van der Waals surface area contributed by atoms with E-state index in [-0.39, 0.29) is 10.6 Å². The summed E-state index contributed by atoms with van der Waals surface area (Å²) >= 11 is 15.1. The van der Waals surface area contributed by atoms with Crippen LogP contribution in [0.1, 0.15) is 40.5 Å². The van der Waals surface area contributed by atoms with Gasteiger partial charge in [-0.2, -0.15) is 0 Å². The molecule has 138 valence electrons. The van der Waals surface area contributed by atoms with Crippen LogP contribution in [0.3, 0.4) is 0 Å². The number of hydrazine groups is 1. The van der Waals surface area contributed by atoms with Crippen molar-refractivity contribution < 1.29 is 14.3 Å². The standard InChI is InChI=1S/C18H17BrCl2N2O3/c1-2-3-8-26-16-7-4-11(19)9-14(16)18(25)23-22-17(24)13-6-5-12(20)10-15(13)21/h4-7,9-10H,2-3,8H2,1H3,(H,22,24)(H,23,25). The van der Waals surface area contributed by atoms with Crippen molar-refractivity contribution in [3.05, 3.63) is 62.0 Å². The molecule has 0 spiro atoms. The molecule has 0 saturated heterocycles. The Balaban J connectivity index is 2.07. The largest absolute Gasteiger partial charge is 0.493 e. The number of halogens is 3. The molecule has 0 atom stereocenters. The number of hydrogen-bond donors (Lipinski definition) is 2. The van der Waals surface area contributed by atoms with Gasteiger partial charge in [0.25, 0.3) is 11.8 Å². The summed E-state index contributed by atoms with van der Waals surface area (Å²) in [5.41, 5.74) is 5.20. The molecule has 2 aromatic carbocycles. The predicted octanol–water partition coefficient (Wildman–Crippen LogP) is 5.01. The second kappa shape index (κ2) is 9.80. The summed E-state index contributed by atoms with van der Waals surface area (Å²) in [5, 5.41) is 0.605. The highest BCUT2D eigenvalue weighted by atomic mass is 79.9. The van der Waals surface area contributed by atoms with Crippen LogP contribution >= 0.6 is 39.1 Å². The van der Waals surface area contributed by atoms with Crippen LogP contribution in [-0.2, 0) is 0 Å². The first-order chi connectivity index (χ1) is 12.4. The summed E-state index contributed by atoms with van der Waals surface area (Å²) in [6.45, 7) is 2.56. The summed E-state index contributed by atoms with van der Waals surface area (Å²) in [6.07, 6.45) is 1.86. The third kappa shape index (κ3) is 5.62. The molecule has 0 bridgehead atoms. The van der Waals surface area contributed by atoms with Gasteiger partial charge in [-0.3, -0.25) is 20.4 Å². The lowest BCUT2D eigenvalue weighted by atomic mass is 10.2. The van der Waals surface area contributed by atoms with Crippen LogP contribution in [0.4, 0.5) is 0 Å². The van der Waals surface area contributed by atoms with Crippen molar-refractivity contribution in [2.45, 2.75) is 19.8 Å². The quantitative estimate of drug-likeness (QED) is 0.471. The molecule has 0 aliphatic rings. The number of hydrogen-bond acceptors (Lipinski definition) is 3. The van der Waals surface area contributed by atoms with Gasteiger partial charge in [-0.1, -0.05) is 52.5 Å². The Bertz CT molecular complexity index is 815. The van der Waals surface area contributed by atoms with Gasteiger partial charge in [0.15, 0.2) is 0 Å². The fourth-order valence-corrected chi connectivity index (χ4v) is 2.91. The van der Waals surface area contributed by atoms with Gasteiger partial charge in [0.05, 0.1) is 22.8 Å². The monoisotopic (exact) mass is 458 g/mol. The first-order valence-corrected chi connectivity index (χ1v) is 9.45. The van der Waals surface area contributed by atoms with E-state index in [4.69, 9.17) is 27.9 Å². The average Bonchev–Trinajstić information content (AvgIpc) is 2.60. The predicted molar refractivity (Wildman–Crippen MR) is 106 cm³/mol. The van der Waals surface area contributed by atoms with Crippen LogP contribution in [0.2, 0.25) is 10.0 Å². The molecule has 8 heteroatoms. The molecule has 2 N–H and O–H groups in total. The van der Waals surface area contributed by atoms with Crippen molar-refractivity contribution in [1.29, 1.82) is 0 Å². The minimum Gasteiger partial charge on any atom is -0.493 e. The molecule has 2 amide bonds. The molecule has 0 aliphatic carbocycles. The zero-order chi connectivity index (χ0) is 19.1. The number of carbonyl (C=O) groups is 2. The SMILES string of the molecule is CCCCOc1ccc(Br)cc1C(=O)NNC(=O)c1ccc(Cl)cc1Cl. The smallest absolute Gasteiger partial charge is 0.273 e. The molecule has 0 fully saturated rings. The Hall–Kier alpha value is -1.76. The van der Waals surface area contributed by atoms with E-state index in [0.717, 1.165) is 17.3 Å². The van der Waals surface area contributed by atoms with Crippen LogP contribution < -0.4 is 15.6 Å². The van der Waals surface area contributed by atoms with E-state index in [2.05, 4.69) is 33.7 Å². The van der Waals surface area contributed by atoms with Crippen LogP contribution in [0.5, 0.6) is 5.75 Å². The summed E-state index contributed by atoms with van der Waals surface area (Å²) in [5.74, 6) is -0.613. The summed E-state index contributed by atoms with van der Waals surface area (Å²) in [7, 11) is 0. The van der Waals surface area contributed by atoms with Crippen molar-refractivity contribution in [1.82, 2.24) is 10.9 Å².